The highest BCUT2D eigenvalue weighted by atomic mass is 32.1. The number of carbonyl (C=O) groups is 2. The van der Waals surface area contributed by atoms with Crippen molar-refractivity contribution in [1.82, 2.24) is 24.3 Å². The first-order chi connectivity index (χ1) is 18.9. The average molecular weight is 544 g/mol. The maximum atomic E-state index is 13.0. The number of nitrogens with zero attached hydrogens (tertiary/aromatic N) is 5. The number of hydrogen-bond donors (Lipinski definition) is 2. The standard InChI is InChI=1S/C29H33N7O2S/c1-3-23(37)35-13-4-5-20(16-35)27-33-24(25-26(30)31-12-14-36(25)27)18-7-9-19(10-8-18)28(38)34-29-32-21-11-6-17(2)15-22(21)39-29/h7-10,12,14,17,20H,3-6,11,13,15-16H2,1-2H3,(H2,30,31)(H,32,34,38)/t17?,20-/m1/s1. The number of likely N-dealkylation sites (tertiary alicyclic amines) is 1. The summed E-state index contributed by atoms with van der Waals surface area (Å²) < 4.78 is 2.01. The molecule has 3 N–H and O–H groups in total. The van der Waals surface area contributed by atoms with Crippen LogP contribution >= 0.6 is 11.3 Å². The van der Waals surface area contributed by atoms with Crippen LogP contribution in [0.25, 0.3) is 16.8 Å². The lowest BCUT2D eigenvalue weighted by molar-refractivity contribution is -0.132. The van der Waals surface area contributed by atoms with Crippen molar-refractivity contribution in [3.63, 3.8) is 0 Å². The monoisotopic (exact) mass is 543 g/mol. The van der Waals surface area contributed by atoms with E-state index in [0.29, 0.717) is 35.4 Å². The van der Waals surface area contributed by atoms with E-state index in [0.717, 1.165) is 66.9 Å². The summed E-state index contributed by atoms with van der Waals surface area (Å²) in [5.41, 5.74) is 10.3. The molecule has 0 bridgehead atoms. The van der Waals surface area contributed by atoms with E-state index in [1.54, 1.807) is 29.7 Å². The van der Waals surface area contributed by atoms with E-state index in [-0.39, 0.29) is 17.7 Å². The van der Waals surface area contributed by atoms with Gasteiger partial charge in [-0.1, -0.05) is 26.0 Å². The minimum atomic E-state index is -0.180. The Bertz CT molecular complexity index is 1540. The van der Waals surface area contributed by atoms with Crippen LogP contribution in [0.5, 0.6) is 0 Å². The van der Waals surface area contributed by atoms with Gasteiger partial charge < -0.3 is 10.6 Å². The Morgan fingerprint density at radius 3 is 2.79 bits per heavy atom. The number of aromatic nitrogens is 4. The number of aryl methyl sites for hydroxylation is 1. The van der Waals surface area contributed by atoms with Gasteiger partial charge in [-0.2, -0.15) is 0 Å². The lowest BCUT2D eigenvalue weighted by Crippen LogP contribution is -2.39. The van der Waals surface area contributed by atoms with Crippen LogP contribution in [-0.2, 0) is 17.6 Å². The Balaban J connectivity index is 1.26. The maximum absolute atomic E-state index is 13.0. The van der Waals surface area contributed by atoms with Crippen molar-refractivity contribution in [3.05, 3.63) is 58.6 Å². The SMILES string of the molecule is CCC(=O)N1CCC[C@@H](c2nc(-c3ccc(C(=O)Nc4nc5c(s4)CC(C)CC5)cc3)c3c(N)nccn23)C1. The molecule has 1 unspecified atom stereocenters. The van der Waals surface area contributed by atoms with Gasteiger partial charge in [0.2, 0.25) is 5.91 Å². The van der Waals surface area contributed by atoms with E-state index in [1.807, 2.05) is 34.6 Å². The zero-order valence-corrected chi connectivity index (χ0v) is 23.1. The van der Waals surface area contributed by atoms with Gasteiger partial charge >= 0.3 is 0 Å². The van der Waals surface area contributed by atoms with Gasteiger partial charge in [0.25, 0.3) is 5.91 Å². The number of nitrogens with two attached hydrogens (primary N) is 1. The smallest absolute Gasteiger partial charge is 0.257 e. The van der Waals surface area contributed by atoms with Gasteiger partial charge in [-0.3, -0.25) is 19.3 Å². The number of hydrogen-bond acceptors (Lipinski definition) is 7. The molecule has 4 heterocycles. The Morgan fingerprint density at radius 2 is 2.00 bits per heavy atom. The molecule has 1 fully saturated rings. The third kappa shape index (κ3) is 4.89. The third-order valence-electron chi connectivity index (χ3n) is 7.88. The van der Waals surface area contributed by atoms with Gasteiger partial charge in [-0.25, -0.2) is 15.0 Å². The molecule has 2 aliphatic rings. The highest BCUT2D eigenvalue weighted by Gasteiger charge is 2.29. The van der Waals surface area contributed by atoms with Crippen molar-refractivity contribution >= 4 is 39.6 Å². The molecule has 39 heavy (non-hydrogen) atoms. The van der Waals surface area contributed by atoms with Gasteiger partial charge in [0, 0.05) is 53.8 Å². The highest BCUT2D eigenvalue weighted by Crippen LogP contribution is 2.35. The number of imidazole rings is 1. The molecule has 6 rings (SSSR count). The van der Waals surface area contributed by atoms with Crippen molar-refractivity contribution in [2.75, 3.05) is 24.1 Å². The highest BCUT2D eigenvalue weighted by molar-refractivity contribution is 7.15. The fourth-order valence-electron chi connectivity index (χ4n) is 5.76. The number of nitrogen functional groups attached to an aromatic ring is 1. The normalized spacial score (nSPS) is 19.2. The van der Waals surface area contributed by atoms with Crippen molar-refractivity contribution in [2.45, 2.75) is 58.3 Å². The van der Waals surface area contributed by atoms with E-state index in [2.05, 4.69) is 22.2 Å². The van der Waals surface area contributed by atoms with Gasteiger partial charge in [0.05, 0.1) is 5.69 Å². The van der Waals surface area contributed by atoms with E-state index < -0.39 is 0 Å². The predicted octanol–water partition coefficient (Wildman–Crippen LogP) is 4.93. The summed E-state index contributed by atoms with van der Waals surface area (Å²) in [6.07, 6.45) is 9.10. The van der Waals surface area contributed by atoms with Crippen LogP contribution in [0.2, 0.25) is 0 Å². The molecule has 2 amide bonds. The van der Waals surface area contributed by atoms with E-state index in [9.17, 15) is 9.59 Å². The fourth-order valence-corrected chi connectivity index (χ4v) is 6.92. The minimum Gasteiger partial charge on any atom is -0.382 e. The van der Waals surface area contributed by atoms with Crippen LogP contribution in [0.3, 0.4) is 0 Å². The molecule has 1 aliphatic heterocycles. The number of fused-ring (bicyclic) bond motifs is 2. The average Bonchev–Trinajstić information content (AvgIpc) is 3.54. The summed E-state index contributed by atoms with van der Waals surface area (Å²) in [6.45, 7) is 5.59. The van der Waals surface area contributed by atoms with Crippen molar-refractivity contribution in [2.24, 2.45) is 5.92 Å². The van der Waals surface area contributed by atoms with Gasteiger partial charge in [-0.05, 0) is 50.2 Å². The van der Waals surface area contributed by atoms with E-state index >= 15 is 0 Å². The second kappa shape index (κ2) is 10.4. The number of anilines is 2. The molecule has 10 heteroatoms. The van der Waals surface area contributed by atoms with Crippen LogP contribution in [0.4, 0.5) is 10.9 Å². The lowest BCUT2D eigenvalue weighted by Gasteiger charge is -2.32. The predicted molar refractivity (Wildman–Crippen MR) is 153 cm³/mol. The second-order valence-electron chi connectivity index (χ2n) is 10.7. The van der Waals surface area contributed by atoms with Crippen LogP contribution in [0, 0.1) is 5.92 Å². The Hall–Kier alpha value is -3.79. The number of thiazole rings is 1. The first-order valence-electron chi connectivity index (χ1n) is 13.7. The summed E-state index contributed by atoms with van der Waals surface area (Å²) in [7, 11) is 0. The number of benzene rings is 1. The molecule has 3 aromatic heterocycles. The largest absolute Gasteiger partial charge is 0.382 e. The van der Waals surface area contributed by atoms with Gasteiger partial charge in [0.1, 0.15) is 22.9 Å². The van der Waals surface area contributed by atoms with Crippen molar-refractivity contribution in [3.8, 4) is 11.3 Å². The summed E-state index contributed by atoms with van der Waals surface area (Å²) in [6, 6.07) is 7.41. The number of rotatable bonds is 5. The number of piperidine rings is 1. The number of nitrogens with one attached hydrogen (secondary N) is 1. The third-order valence-corrected chi connectivity index (χ3v) is 8.91. The van der Waals surface area contributed by atoms with E-state index in [1.165, 1.54) is 4.88 Å². The van der Waals surface area contributed by atoms with E-state index in [4.69, 9.17) is 10.7 Å². The number of amides is 2. The molecule has 1 aromatic carbocycles. The molecular weight excluding hydrogens is 510 g/mol. The fraction of sp³-hybridized carbons (Fsp3) is 0.414. The molecule has 2 atom stereocenters. The summed E-state index contributed by atoms with van der Waals surface area (Å²) in [5, 5.41) is 3.64. The zero-order chi connectivity index (χ0) is 27.1. The van der Waals surface area contributed by atoms with Crippen molar-refractivity contribution < 1.29 is 9.59 Å². The van der Waals surface area contributed by atoms with Crippen LogP contribution in [0.1, 0.15) is 72.2 Å². The lowest BCUT2D eigenvalue weighted by atomic mass is 9.93. The Kier molecular flexibility index (Phi) is 6.80. The van der Waals surface area contributed by atoms with Gasteiger partial charge in [-0.15, -0.1) is 11.3 Å². The van der Waals surface area contributed by atoms with Crippen molar-refractivity contribution in [1.29, 1.82) is 0 Å². The van der Waals surface area contributed by atoms with Crippen LogP contribution < -0.4 is 11.1 Å². The van der Waals surface area contributed by atoms with Crippen LogP contribution in [-0.4, -0.2) is 49.2 Å². The maximum Gasteiger partial charge on any atom is 0.257 e. The molecule has 1 aliphatic carbocycles. The molecule has 0 radical (unpaired) electrons. The molecule has 202 valence electrons. The summed E-state index contributed by atoms with van der Waals surface area (Å²) in [4.78, 5) is 42.6. The molecule has 4 aromatic rings. The summed E-state index contributed by atoms with van der Waals surface area (Å²) >= 11 is 1.58. The minimum absolute atomic E-state index is 0.106. The first kappa shape index (κ1) is 25.5. The van der Waals surface area contributed by atoms with Gasteiger partial charge in [0.15, 0.2) is 5.13 Å². The first-order valence-corrected chi connectivity index (χ1v) is 14.5. The molecule has 1 saturated heterocycles. The topological polar surface area (TPSA) is 119 Å². The molecule has 0 spiro atoms. The second-order valence-corrected chi connectivity index (χ2v) is 11.7. The Labute approximate surface area is 231 Å². The zero-order valence-electron chi connectivity index (χ0n) is 22.3. The number of carbonyl (C=O) groups excluding carboxylic acids is 2. The molecular formula is C29H33N7O2S. The molecule has 9 nitrogen and oxygen atoms in total. The summed E-state index contributed by atoms with van der Waals surface area (Å²) in [5.74, 6) is 2.03. The Morgan fingerprint density at radius 1 is 1.18 bits per heavy atom. The quantitative estimate of drug-likeness (QED) is 0.369. The molecule has 0 saturated carbocycles. The van der Waals surface area contributed by atoms with Crippen LogP contribution in [0.15, 0.2) is 36.7 Å².